The Bertz CT molecular complexity index is 90.7. The van der Waals surface area contributed by atoms with Crippen molar-refractivity contribution >= 4 is 5.97 Å². The maximum atomic E-state index is 9.69. The molecule has 0 heterocycles. The number of aliphatic carboxylic acids is 1. The van der Waals surface area contributed by atoms with Crippen molar-refractivity contribution in [2.45, 2.75) is 19.1 Å². The first-order valence-electron chi connectivity index (χ1n) is 2.08. The van der Waals surface area contributed by atoms with Crippen molar-refractivity contribution in [2.75, 3.05) is 0 Å². The molecule has 8 heavy (non-hydrogen) atoms. The molecule has 0 saturated carbocycles. The van der Waals surface area contributed by atoms with Gasteiger partial charge in [-0.3, -0.25) is 4.79 Å². The molecule has 0 fully saturated rings. The Morgan fingerprint density at radius 3 is 2.00 bits per heavy atom. The second kappa shape index (κ2) is 2.11. The van der Waals surface area contributed by atoms with Crippen LogP contribution in [0.4, 0.5) is 0 Å². The van der Waals surface area contributed by atoms with Gasteiger partial charge in [-0.1, -0.05) is 0 Å². The molecule has 0 bridgehead atoms. The van der Waals surface area contributed by atoms with Gasteiger partial charge >= 0.3 is 5.97 Å². The van der Waals surface area contributed by atoms with Crippen molar-refractivity contribution in [3.8, 4) is 0 Å². The number of rotatable bonds is 2. The summed E-state index contributed by atoms with van der Waals surface area (Å²) in [4.78, 5) is 9.69. The molecule has 4 nitrogen and oxygen atoms in total. The van der Waals surface area contributed by atoms with Gasteiger partial charge in [0.25, 0.3) is 0 Å². The van der Waals surface area contributed by atoms with Gasteiger partial charge in [-0.2, -0.15) is 0 Å². The van der Waals surface area contributed by atoms with Crippen LogP contribution in [0.3, 0.4) is 0 Å². The van der Waals surface area contributed by atoms with Gasteiger partial charge in [0.15, 0.2) is 5.79 Å². The molecular formula is C4H8O4. The Labute approximate surface area is 46.4 Å². The van der Waals surface area contributed by atoms with Gasteiger partial charge in [-0.25, -0.2) is 0 Å². The Hall–Kier alpha value is -0.610. The lowest BCUT2D eigenvalue weighted by molar-refractivity contribution is -0.171. The average Bonchev–Trinajstić information content (AvgIpc) is 1.21. The van der Waals surface area contributed by atoms with Crippen molar-refractivity contribution in [2.24, 2.45) is 0 Å². The highest BCUT2D eigenvalue weighted by molar-refractivity contribution is 5.67. The summed E-state index contributed by atoms with van der Waals surface area (Å²) >= 11 is 0. The summed E-state index contributed by atoms with van der Waals surface area (Å²) in [5, 5.41) is 24.7. The van der Waals surface area contributed by atoms with Crippen LogP contribution in [0.2, 0.25) is 0 Å². The van der Waals surface area contributed by atoms with E-state index < -0.39 is 18.2 Å². The Kier molecular flexibility index (Phi) is 1.94. The first-order chi connectivity index (χ1) is 3.42. The van der Waals surface area contributed by atoms with Gasteiger partial charge < -0.3 is 15.3 Å². The summed E-state index contributed by atoms with van der Waals surface area (Å²) in [6.45, 7) is 1.02. The molecular weight excluding hydrogens is 112 g/mol. The lowest BCUT2D eigenvalue weighted by atomic mass is 10.2. The second-order valence-corrected chi connectivity index (χ2v) is 1.79. The van der Waals surface area contributed by atoms with Gasteiger partial charge in [0.2, 0.25) is 0 Å². The molecule has 0 aromatic rings. The molecule has 48 valence electrons. The summed E-state index contributed by atoms with van der Waals surface area (Å²) < 4.78 is 0. The standard InChI is InChI=1S/C4H8O4/c1-4(7,8)2-3(5)6/h7-8H,2H2,1H3,(H,5,6). The highest BCUT2D eigenvalue weighted by Gasteiger charge is 2.18. The van der Waals surface area contributed by atoms with Crippen LogP contribution in [-0.2, 0) is 4.79 Å². The molecule has 0 amide bonds. The smallest absolute Gasteiger partial charge is 0.308 e. The quantitative estimate of drug-likeness (QED) is 0.415. The number of hydrogen-bond acceptors (Lipinski definition) is 3. The fraction of sp³-hybridized carbons (Fsp3) is 0.750. The van der Waals surface area contributed by atoms with Crippen LogP contribution < -0.4 is 0 Å². The van der Waals surface area contributed by atoms with Crippen LogP contribution in [0.15, 0.2) is 0 Å². The summed E-state index contributed by atoms with van der Waals surface area (Å²) in [5.41, 5.74) is 0. The lowest BCUT2D eigenvalue weighted by Crippen LogP contribution is -2.26. The Morgan fingerprint density at radius 1 is 1.62 bits per heavy atom. The largest absolute Gasteiger partial charge is 0.481 e. The third kappa shape index (κ3) is 5.39. The maximum absolute atomic E-state index is 9.69. The minimum atomic E-state index is -2.08. The molecule has 0 aliphatic heterocycles. The molecule has 0 aromatic carbocycles. The highest BCUT2D eigenvalue weighted by Crippen LogP contribution is 2.01. The van der Waals surface area contributed by atoms with Crippen molar-refractivity contribution in [1.29, 1.82) is 0 Å². The minimum Gasteiger partial charge on any atom is -0.481 e. The van der Waals surface area contributed by atoms with Crippen LogP contribution in [0.1, 0.15) is 13.3 Å². The topological polar surface area (TPSA) is 77.8 Å². The second-order valence-electron chi connectivity index (χ2n) is 1.79. The maximum Gasteiger partial charge on any atom is 0.308 e. The van der Waals surface area contributed by atoms with E-state index in [1.54, 1.807) is 0 Å². The molecule has 0 atom stereocenters. The van der Waals surface area contributed by atoms with E-state index in [1.807, 2.05) is 0 Å². The number of carboxylic acids is 1. The van der Waals surface area contributed by atoms with E-state index in [2.05, 4.69) is 0 Å². The summed E-state index contributed by atoms with van der Waals surface area (Å²) in [6.07, 6.45) is -0.646. The van der Waals surface area contributed by atoms with E-state index >= 15 is 0 Å². The fourth-order valence-corrected chi connectivity index (χ4v) is 0.286. The molecule has 3 N–H and O–H groups in total. The van der Waals surface area contributed by atoms with Crippen molar-refractivity contribution in [3.05, 3.63) is 0 Å². The Balaban J connectivity index is 3.55. The summed E-state index contributed by atoms with van der Waals surface area (Å²) in [7, 11) is 0. The third-order valence-electron chi connectivity index (χ3n) is 0.486. The predicted octanol–water partition coefficient (Wildman–Crippen LogP) is -0.838. The van der Waals surface area contributed by atoms with Gasteiger partial charge in [0.05, 0.1) is 6.42 Å². The molecule has 0 rings (SSSR count). The minimum absolute atomic E-state index is 0.646. The molecule has 0 spiro atoms. The first kappa shape index (κ1) is 7.39. The van der Waals surface area contributed by atoms with Crippen LogP contribution in [0.25, 0.3) is 0 Å². The molecule has 0 saturated heterocycles. The zero-order valence-corrected chi connectivity index (χ0v) is 4.46. The number of hydrogen-bond donors (Lipinski definition) is 3. The molecule has 4 heteroatoms. The van der Waals surface area contributed by atoms with Gasteiger partial charge in [0.1, 0.15) is 0 Å². The van der Waals surface area contributed by atoms with Gasteiger partial charge in [-0.15, -0.1) is 0 Å². The van der Waals surface area contributed by atoms with Crippen LogP contribution in [0.5, 0.6) is 0 Å². The Morgan fingerprint density at radius 2 is 2.00 bits per heavy atom. The molecule has 0 unspecified atom stereocenters. The molecule has 0 aliphatic carbocycles. The molecule has 0 radical (unpaired) electrons. The number of carbonyl (C=O) groups is 1. The van der Waals surface area contributed by atoms with Crippen molar-refractivity contribution in [1.82, 2.24) is 0 Å². The number of aliphatic hydroxyl groups is 2. The van der Waals surface area contributed by atoms with Crippen molar-refractivity contribution in [3.63, 3.8) is 0 Å². The normalized spacial score (nSPS) is 11.4. The van der Waals surface area contributed by atoms with Crippen LogP contribution in [0, 0.1) is 0 Å². The SMILES string of the molecule is CC(O)(O)CC(=O)O. The predicted molar refractivity (Wildman–Crippen MR) is 25.1 cm³/mol. The highest BCUT2D eigenvalue weighted by atomic mass is 16.5. The van der Waals surface area contributed by atoms with E-state index in [0.29, 0.717) is 0 Å². The summed E-state index contributed by atoms with van der Waals surface area (Å²) in [5.74, 6) is -3.30. The van der Waals surface area contributed by atoms with E-state index in [1.165, 1.54) is 0 Å². The molecule has 0 aromatic heterocycles. The van der Waals surface area contributed by atoms with Gasteiger partial charge in [0, 0.05) is 0 Å². The van der Waals surface area contributed by atoms with Crippen LogP contribution >= 0.6 is 0 Å². The van der Waals surface area contributed by atoms with E-state index in [-0.39, 0.29) is 0 Å². The number of carboxylic acid groups (broad SMARTS) is 1. The summed E-state index contributed by atoms with van der Waals surface area (Å²) in [6, 6.07) is 0. The third-order valence-corrected chi connectivity index (χ3v) is 0.486. The fourth-order valence-electron chi connectivity index (χ4n) is 0.286. The monoisotopic (exact) mass is 120 g/mol. The lowest BCUT2D eigenvalue weighted by Gasteiger charge is -2.10. The van der Waals surface area contributed by atoms with Crippen molar-refractivity contribution < 1.29 is 20.1 Å². The van der Waals surface area contributed by atoms with E-state index in [9.17, 15) is 4.79 Å². The zero-order chi connectivity index (χ0) is 6.78. The van der Waals surface area contributed by atoms with Crippen LogP contribution in [-0.4, -0.2) is 27.1 Å². The first-order valence-corrected chi connectivity index (χ1v) is 2.08. The van der Waals surface area contributed by atoms with E-state index in [4.69, 9.17) is 15.3 Å². The van der Waals surface area contributed by atoms with E-state index in [0.717, 1.165) is 6.92 Å². The average molecular weight is 120 g/mol. The molecule has 0 aliphatic rings. The zero-order valence-electron chi connectivity index (χ0n) is 4.46. The van der Waals surface area contributed by atoms with Gasteiger partial charge in [-0.05, 0) is 6.92 Å².